The summed E-state index contributed by atoms with van der Waals surface area (Å²) in [5, 5.41) is 6.54. The van der Waals surface area contributed by atoms with Crippen molar-refractivity contribution >= 4 is 15.8 Å². The van der Waals surface area contributed by atoms with Crippen LogP contribution in [0.2, 0.25) is 0 Å². The molecule has 2 N–H and O–H groups in total. The Labute approximate surface area is 170 Å². The number of sulfone groups is 1. The molecule has 0 saturated carbocycles. The number of guanidine groups is 1. The third-order valence-electron chi connectivity index (χ3n) is 5.35. The van der Waals surface area contributed by atoms with Crippen LogP contribution in [-0.4, -0.2) is 64.3 Å². The van der Waals surface area contributed by atoms with Gasteiger partial charge >= 0.3 is 0 Å². The van der Waals surface area contributed by atoms with Crippen LogP contribution in [0.25, 0.3) is 0 Å². The highest BCUT2D eigenvalue weighted by Gasteiger charge is 2.23. The molecule has 1 heterocycles. The minimum atomic E-state index is -3.28. The van der Waals surface area contributed by atoms with Gasteiger partial charge in [0, 0.05) is 26.2 Å². The molecule has 28 heavy (non-hydrogen) atoms. The number of nitrogens with one attached hydrogen (secondary N) is 2. The first kappa shape index (κ1) is 22.7. The van der Waals surface area contributed by atoms with E-state index in [0.29, 0.717) is 29.4 Å². The number of aliphatic imine (C=N–C) groups is 1. The number of hydrogen-bond donors (Lipinski definition) is 2. The normalized spacial score (nSPS) is 17.9. The van der Waals surface area contributed by atoms with E-state index < -0.39 is 9.84 Å². The lowest BCUT2D eigenvalue weighted by Crippen LogP contribution is -2.50. The van der Waals surface area contributed by atoms with Crippen LogP contribution in [0.4, 0.5) is 0 Å². The molecule has 1 saturated heterocycles. The molecule has 1 aromatic rings. The van der Waals surface area contributed by atoms with E-state index in [9.17, 15) is 8.42 Å². The summed E-state index contributed by atoms with van der Waals surface area (Å²) in [4.78, 5) is 7.21. The summed E-state index contributed by atoms with van der Waals surface area (Å²) >= 11 is 0. The second-order valence-corrected chi connectivity index (χ2v) is 9.88. The van der Waals surface area contributed by atoms with Gasteiger partial charge in [-0.05, 0) is 44.0 Å². The highest BCUT2D eigenvalue weighted by molar-refractivity contribution is 7.91. The molecule has 1 aliphatic heterocycles. The highest BCUT2D eigenvalue weighted by atomic mass is 32.2. The zero-order chi connectivity index (χ0) is 20.4. The van der Waals surface area contributed by atoms with Crippen LogP contribution in [-0.2, 0) is 9.84 Å². The standard InChI is InChI=1S/C21H36N4O2S/c1-18(2)20(25-14-9-4-5-10-15-25)17-24-21(22-3)23-13-16-28(26,27)19-11-7-6-8-12-19/h6-8,11-12,18,20H,4-5,9-10,13-17H2,1-3H3,(H2,22,23,24). The molecule has 1 aliphatic rings. The molecule has 0 bridgehead atoms. The van der Waals surface area contributed by atoms with Gasteiger partial charge in [-0.3, -0.25) is 9.89 Å². The van der Waals surface area contributed by atoms with Crippen LogP contribution < -0.4 is 10.6 Å². The molecule has 1 atom stereocenters. The molecule has 0 amide bonds. The smallest absolute Gasteiger partial charge is 0.191 e. The van der Waals surface area contributed by atoms with Crippen LogP contribution in [0, 0.1) is 5.92 Å². The van der Waals surface area contributed by atoms with E-state index in [1.165, 1.54) is 25.7 Å². The van der Waals surface area contributed by atoms with Gasteiger partial charge < -0.3 is 10.6 Å². The van der Waals surface area contributed by atoms with Crippen molar-refractivity contribution in [2.24, 2.45) is 10.9 Å². The first-order valence-electron chi connectivity index (χ1n) is 10.4. The van der Waals surface area contributed by atoms with Gasteiger partial charge in [-0.2, -0.15) is 0 Å². The fourth-order valence-corrected chi connectivity index (χ4v) is 4.86. The minimum absolute atomic E-state index is 0.0391. The van der Waals surface area contributed by atoms with Gasteiger partial charge in [0.05, 0.1) is 10.6 Å². The minimum Gasteiger partial charge on any atom is -0.355 e. The Morgan fingerprint density at radius 3 is 2.29 bits per heavy atom. The van der Waals surface area contributed by atoms with Crippen LogP contribution in [0.15, 0.2) is 40.2 Å². The summed E-state index contributed by atoms with van der Waals surface area (Å²) < 4.78 is 24.8. The maximum atomic E-state index is 12.4. The van der Waals surface area contributed by atoms with Crippen molar-refractivity contribution in [1.82, 2.24) is 15.5 Å². The monoisotopic (exact) mass is 408 g/mol. The zero-order valence-electron chi connectivity index (χ0n) is 17.5. The van der Waals surface area contributed by atoms with Gasteiger partial charge in [-0.1, -0.05) is 44.9 Å². The number of hydrogen-bond acceptors (Lipinski definition) is 4. The maximum Gasteiger partial charge on any atom is 0.191 e. The van der Waals surface area contributed by atoms with Crippen molar-refractivity contribution in [3.63, 3.8) is 0 Å². The number of nitrogens with zero attached hydrogens (tertiary/aromatic N) is 2. The largest absolute Gasteiger partial charge is 0.355 e. The second-order valence-electron chi connectivity index (χ2n) is 7.77. The molecule has 2 rings (SSSR count). The summed E-state index contributed by atoms with van der Waals surface area (Å²) in [5.41, 5.74) is 0. The van der Waals surface area contributed by atoms with Gasteiger partial charge in [-0.25, -0.2) is 8.42 Å². The molecule has 0 spiro atoms. The van der Waals surface area contributed by atoms with E-state index in [1.54, 1.807) is 31.3 Å². The van der Waals surface area contributed by atoms with E-state index in [2.05, 4.69) is 34.4 Å². The van der Waals surface area contributed by atoms with Crippen molar-refractivity contribution < 1.29 is 8.42 Å². The van der Waals surface area contributed by atoms with Gasteiger partial charge in [0.2, 0.25) is 0 Å². The third-order valence-corrected chi connectivity index (χ3v) is 7.08. The fourth-order valence-electron chi connectivity index (χ4n) is 3.68. The SMILES string of the molecule is CN=C(NCCS(=O)(=O)c1ccccc1)NCC(C(C)C)N1CCCCCC1. The maximum absolute atomic E-state index is 12.4. The van der Waals surface area contributed by atoms with E-state index >= 15 is 0 Å². The Hall–Kier alpha value is -1.60. The Bertz CT molecular complexity index is 696. The van der Waals surface area contributed by atoms with Crippen LogP contribution in [0.1, 0.15) is 39.5 Å². The van der Waals surface area contributed by atoms with Gasteiger partial charge in [0.25, 0.3) is 0 Å². The summed E-state index contributed by atoms with van der Waals surface area (Å²) in [6.45, 7) is 7.98. The Morgan fingerprint density at radius 1 is 1.07 bits per heavy atom. The molecule has 1 aromatic carbocycles. The lowest BCUT2D eigenvalue weighted by atomic mass is 10.0. The number of benzene rings is 1. The third kappa shape index (κ3) is 7.09. The molecule has 158 valence electrons. The lowest BCUT2D eigenvalue weighted by Gasteiger charge is -2.34. The summed E-state index contributed by atoms with van der Waals surface area (Å²) in [7, 11) is -1.56. The lowest BCUT2D eigenvalue weighted by molar-refractivity contribution is 0.161. The Balaban J connectivity index is 1.84. The first-order valence-corrected chi connectivity index (χ1v) is 12.1. The zero-order valence-corrected chi connectivity index (χ0v) is 18.3. The van der Waals surface area contributed by atoms with Crippen LogP contribution >= 0.6 is 0 Å². The van der Waals surface area contributed by atoms with Crippen LogP contribution in [0.5, 0.6) is 0 Å². The van der Waals surface area contributed by atoms with Crippen molar-refractivity contribution in [3.8, 4) is 0 Å². The predicted molar refractivity (Wildman–Crippen MR) is 117 cm³/mol. The highest BCUT2D eigenvalue weighted by Crippen LogP contribution is 2.17. The Kier molecular flexibility index (Phi) is 9.25. The molecule has 6 nitrogen and oxygen atoms in total. The molecule has 0 radical (unpaired) electrons. The molecule has 7 heteroatoms. The van der Waals surface area contributed by atoms with Crippen molar-refractivity contribution in [2.45, 2.75) is 50.5 Å². The van der Waals surface area contributed by atoms with Gasteiger partial charge in [0.15, 0.2) is 15.8 Å². The summed E-state index contributed by atoms with van der Waals surface area (Å²) in [6, 6.07) is 9.03. The van der Waals surface area contributed by atoms with Crippen molar-refractivity contribution in [1.29, 1.82) is 0 Å². The average molecular weight is 409 g/mol. The summed E-state index contributed by atoms with van der Waals surface area (Å²) in [5.74, 6) is 1.24. The number of likely N-dealkylation sites (tertiary alicyclic amines) is 1. The van der Waals surface area contributed by atoms with Crippen molar-refractivity contribution in [3.05, 3.63) is 30.3 Å². The quantitative estimate of drug-likeness (QED) is 0.511. The molecule has 1 fully saturated rings. The number of rotatable bonds is 8. The first-order chi connectivity index (χ1) is 13.4. The van der Waals surface area contributed by atoms with Gasteiger partial charge in [-0.15, -0.1) is 0 Å². The molecule has 0 aliphatic carbocycles. The topological polar surface area (TPSA) is 73.8 Å². The molecule has 1 unspecified atom stereocenters. The second kappa shape index (κ2) is 11.4. The van der Waals surface area contributed by atoms with E-state index in [1.807, 2.05) is 6.07 Å². The van der Waals surface area contributed by atoms with E-state index in [-0.39, 0.29) is 5.75 Å². The molecule has 0 aromatic heterocycles. The molecular formula is C21H36N4O2S. The van der Waals surface area contributed by atoms with E-state index in [0.717, 1.165) is 19.6 Å². The fraction of sp³-hybridized carbons (Fsp3) is 0.667. The Morgan fingerprint density at radius 2 is 1.71 bits per heavy atom. The van der Waals surface area contributed by atoms with Gasteiger partial charge in [0.1, 0.15) is 0 Å². The van der Waals surface area contributed by atoms with Crippen LogP contribution in [0.3, 0.4) is 0 Å². The molecular weight excluding hydrogens is 372 g/mol. The van der Waals surface area contributed by atoms with E-state index in [4.69, 9.17) is 0 Å². The van der Waals surface area contributed by atoms with Crippen molar-refractivity contribution in [2.75, 3.05) is 39.0 Å². The average Bonchev–Trinajstić information content (AvgIpc) is 2.96. The predicted octanol–water partition coefficient (Wildman–Crippen LogP) is 2.53. The summed E-state index contributed by atoms with van der Waals surface area (Å²) in [6.07, 6.45) is 5.20.